The normalized spacial score (nSPS) is 10.1. The fraction of sp³-hybridized carbons (Fsp3) is 0.0769. The number of rotatable bonds is 3. The van der Waals surface area contributed by atoms with E-state index in [-0.39, 0.29) is 12.2 Å². The molecule has 0 heterocycles. The molecule has 0 aromatic heterocycles. The lowest BCUT2D eigenvalue weighted by molar-refractivity contribution is -0.107. The highest BCUT2D eigenvalue weighted by atomic mass is 16.1. The summed E-state index contributed by atoms with van der Waals surface area (Å²) in [6, 6.07) is 13.3. The average Bonchev–Trinajstić information content (AvgIpc) is 2.29. The average molecular weight is 198 g/mol. The molecule has 0 N–H and O–H groups in total. The summed E-state index contributed by atoms with van der Waals surface area (Å²) in [7, 11) is 0. The number of benzene rings is 2. The molecule has 0 saturated heterocycles. The van der Waals surface area contributed by atoms with Gasteiger partial charge in [0.1, 0.15) is 6.29 Å². The Hall–Kier alpha value is -1.96. The van der Waals surface area contributed by atoms with Gasteiger partial charge in [0, 0.05) is 5.56 Å². The highest BCUT2D eigenvalue weighted by Crippen LogP contribution is 2.16. The van der Waals surface area contributed by atoms with E-state index in [0.29, 0.717) is 11.8 Å². The van der Waals surface area contributed by atoms with Gasteiger partial charge in [0.05, 0.1) is 6.42 Å². The first-order chi connectivity index (χ1) is 7.31. The summed E-state index contributed by atoms with van der Waals surface area (Å²) in [5, 5.41) is 2.12. The highest BCUT2D eigenvalue weighted by Gasteiger charge is 2.04. The SMILES string of the molecule is O=CCC(=O)c1ccc2ccccc2c1. The number of carbonyl (C=O) groups excluding carboxylic acids is 2. The quantitative estimate of drug-likeness (QED) is 0.431. The molecule has 0 spiro atoms. The molecule has 2 nitrogen and oxygen atoms in total. The van der Waals surface area contributed by atoms with Crippen molar-refractivity contribution in [2.75, 3.05) is 0 Å². The van der Waals surface area contributed by atoms with Gasteiger partial charge in [-0.1, -0.05) is 36.4 Å². The number of ketones is 1. The molecule has 0 amide bonds. The second-order valence-electron chi connectivity index (χ2n) is 3.36. The van der Waals surface area contributed by atoms with E-state index in [0.717, 1.165) is 10.8 Å². The van der Waals surface area contributed by atoms with Crippen molar-refractivity contribution < 1.29 is 9.59 Å². The largest absolute Gasteiger partial charge is 0.303 e. The lowest BCUT2D eigenvalue weighted by atomic mass is 10.0. The lowest BCUT2D eigenvalue weighted by Gasteiger charge is -2.00. The molecule has 0 atom stereocenters. The molecule has 0 aliphatic carbocycles. The molecule has 2 aromatic rings. The van der Waals surface area contributed by atoms with E-state index in [1.165, 1.54) is 0 Å². The first-order valence-electron chi connectivity index (χ1n) is 4.77. The third kappa shape index (κ3) is 1.94. The van der Waals surface area contributed by atoms with E-state index < -0.39 is 0 Å². The van der Waals surface area contributed by atoms with Gasteiger partial charge in [-0.3, -0.25) is 4.79 Å². The van der Waals surface area contributed by atoms with Gasteiger partial charge in [-0.15, -0.1) is 0 Å². The molecule has 0 unspecified atom stereocenters. The van der Waals surface area contributed by atoms with Crippen LogP contribution >= 0.6 is 0 Å². The summed E-state index contributed by atoms with van der Waals surface area (Å²) in [5.41, 5.74) is 0.598. The first-order valence-corrected chi connectivity index (χ1v) is 4.77. The molecular formula is C13H10O2. The minimum absolute atomic E-state index is 0.0433. The van der Waals surface area contributed by atoms with Gasteiger partial charge >= 0.3 is 0 Å². The van der Waals surface area contributed by atoms with Crippen molar-refractivity contribution in [1.82, 2.24) is 0 Å². The lowest BCUT2D eigenvalue weighted by Crippen LogP contribution is -1.98. The van der Waals surface area contributed by atoms with Gasteiger partial charge in [-0.25, -0.2) is 0 Å². The van der Waals surface area contributed by atoms with E-state index in [4.69, 9.17) is 0 Å². The topological polar surface area (TPSA) is 34.1 Å². The molecule has 2 heteroatoms. The summed E-state index contributed by atoms with van der Waals surface area (Å²) in [6.45, 7) is 0. The van der Waals surface area contributed by atoms with Gasteiger partial charge in [-0.2, -0.15) is 0 Å². The summed E-state index contributed by atoms with van der Waals surface area (Å²) in [5.74, 6) is -0.129. The van der Waals surface area contributed by atoms with Crippen LogP contribution in [0.4, 0.5) is 0 Å². The fourth-order valence-electron chi connectivity index (χ4n) is 1.56. The van der Waals surface area contributed by atoms with Crippen LogP contribution in [0.2, 0.25) is 0 Å². The van der Waals surface area contributed by atoms with Crippen molar-refractivity contribution >= 4 is 22.8 Å². The molecule has 0 saturated carbocycles. The van der Waals surface area contributed by atoms with Crippen LogP contribution in [0.3, 0.4) is 0 Å². The van der Waals surface area contributed by atoms with E-state index in [1.54, 1.807) is 6.07 Å². The third-order valence-corrected chi connectivity index (χ3v) is 2.34. The Bertz CT molecular complexity index is 515. The molecule has 0 bridgehead atoms. The molecule has 0 radical (unpaired) electrons. The van der Waals surface area contributed by atoms with Crippen molar-refractivity contribution in [3.05, 3.63) is 48.0 Å². The monoisotopic (exact) mass is 198 g/mol. The summed E-state index contributed by atoms with van der Waals surface area (Å²) >= 11 is 0. The second kappa shape index (κ2) is 4.05. The highest BCUT2D eigenvalue weighted by molar-refractivity contribution is 6.04. The molecule has 0 aliphatic rings. The molecule has 2 aromatic carbocycles. The maximum absolute atomic E-state index is 11.5. The predicted molar refractivity (Wildman–Crippen MR) is 59.0 cm³/mol. The van der Waals surface area contributed by atoms with Crippen molar-refractivity contribution in [2.45, 2.75) is 6.42 Å². The van der Waals surface area contributed by atoms with Crippen molar-refractivity contribution in [3.63, 3.8) is 0 Å². The van der Waals surface area contributed by atoms with Crippen molar-refractivity contribution in [3.8, 4) is 0 Å². The summed E-state index contributed by atoms with van der Waals surface area (Å²) in [4.78, 5) is 21.7. The number of Topliss-reactive ketones (excluding diaryl/α,β-unsaturated/α-hetero) is 1. The third-order valence-electron chi connectivity index (χ3n) is 2.34. The Morgan fingerprint density at radius 2 is 1.80 bits per heavy atom. The van der Waals surface area contributed by atoms with Crippen LogP contribution in [0.25, 0.3) is 10.8 Å². The Kier molecular flexibility index (Phi) is 2.59. The van der Waals surface area contributed by atoms with Gasteiger partial charge in [0.2, 0.25) is 0 Å². The van der Waals surface area contributed by atoms with E-state index >= 15 is 0 Å². The zero-order valence-corrected chi connectivity index (χ0v) is 8.14. The minimum Gasteiger partial charge on any atom is -0.303 e. The maximum Gasteiger partial charge on any atom is 0.169 e. The van der Waals surface area contributed by atoms with Gasteiger partial charge in [0.25, 0.3) is 0 Å². The van der Waals surface area contributed by atoms with Crippen LogP contribution in [0.5, 0.6) is 0 Å². The number of fused-ring (bicyclic) bond motifs is 1. The zero-order valence-electron chi connectivity index (χ0n) is 8.14. The smallest absolute Gasteiger partial charge is 0.169 e. The molecular weight excluding hydrogens is 188 g/mol. The maximum atomic E-state index is 11.5. The molecule has 15 heavy (non-hydrogen) atoms. The Balaban J connectivity index is 2.46. The minimum atomic E-state index is -0.129. The summed E-state index contributed by atoms with van der Waals surface area (Å²) in [6.07, 6.45) is 0.593. The Morgan fingerprint density at radius 1 is 1.07 bits per heavy atom. The predicted octanol–water partition coefficient (Wildman–Crippen LogP) is 2.61. The van der Waals surface area contributed by atoms with Gasteiger partial charge in [-0.05, 0) is 16.8 Å². The van der Waals surface area contributed by atoms with Crippen LogP contribution in [0, 0.1) is 0 Å². The van der Waals surface area contributed by atoms with Crippen LogP contribution in [-0.2, 0) is 4.79 Å². The molecule has 74 valence electrons. The van der Waals surface area contributed by atoms with Crippen LogP contribution in [0.15, 0.2) is 42.5 Å². The van der Waals surface area contributed by atoms with E-state index in [1.807, 2.05) is 36.4 Å². The van der Waals surface area contributed by atoms with Crippen LogP contribution in [0.1, 0.15) is 16.8 Å². The number of hydrogen-bond acceptors (Lipinski definition) is 2. The van der Waals surface area contributed by atoms with Gasteiger partial charge in [0.15, 0.2) is 5.78 Å². The van der Waals surface area contributed by atoms with Crippen LogP contribution in [-0.4, -0.2) is 12.1 Å². The summed E-state index contributed by atoms with van der Waals surface area (Å²) < 4.78 is 0. The first kappa shape index (κ1) is 9.59. The Labute approximate surface area is 87.5 Å². The molecule has 0 fully saturated rings. The van der Waals surface area contributed by atoms with Gasteiger partial charge < -0.3 is 4.79 Å². The standard InChI is InChI=1S/C13H10O2/c14-8-7-13(15)12-6-5-10-3-1-2-4-11(10)9-12/h1-6,8-9H,7H2. The fourth-order valence-corrected chi connectivity index (χ4v) is 1.56. The molecule has 2 rings (SSSR count). The molecule has 0 aliphatic heterocycles. The van der Waals surface area contributed by atoms with Crippen molar-refractivity contribution in [1.29, 1.82) is 0 Å². The van der Waals surface area contributed by atoms with E-state index in [2.05, 4.69) is 0 Å². The number of carbonyl (C=O) groups is 2. The second-order valence-corrected chi connectivity index (χ2v) is 3.36. The van der Waals surface area contributed by atoms with E-state index in [9.17, 15) is 9.59 Å². The zero-order chi connectivity index (χ0) is 10.7. The number of aldehydes is 1. The Morgan fingerprint density at radius 3 is 2.53 bits per heavy atom. The number of hydrogen-bond donors (Lipinski definition) is 0. The van der Waals surface area contributed by atoms with Crippen molar-refractivity contribution in [2.24, 2.45) is 0 Å². The van der Waals surface area contributed by atoms with Crippen LogP contribution < -0.4 is 0 Å².